The molecule has 6 saturated heterocycles. The quantitative estimate of drug-likeness (QED) is 0.0607. The van der Waals surface area contributed by atoms with Crippen molar-refractivity contribution in [3.05, 3.63) is 34.9 Å². The van der Waals surface area contributed by atoms with Crippen LogP contribution < -0.4 is 0 Å². The fourth-order valence-electron chi connectivity index (χ4n) is 9.71. The standard InChI is InChI=1S/C51H72O33/c52-13-22-28(58)31(61)37(67)49(76-22)82-43-25(16-55)79-46(40(70)34(43)64)73-7-1-4-19-10-20(5-2-8-74-47-41(71)35(65)44(26(17-56)80-47)83-50-38(68)32(62)29(59)23(14-53)77-50)12-21(11-19)6-3-9-75-48-42(72)36(66)45(27(18-57)81-48)84-51-39(69)33(63)30(60)24(15-54)78-51/h10-12,22-72H,7-9,13-18H2/t22-,23-,24-,25-,26-,27-,28+,29+,30+,31+,32+,33+,34-,35-,36-,37-,38-,39-,40-,41-,42-,43-,44-,45-,46-,47-,48-,49+,50+,51+/m1/s1. The zero-order valence-electron chi connectivity index (χ0n) is 44.2. The van der Waals surface area contributed by atoms with E-state index in [0.29, 0.717) is 0 Å². The first-order valence-electron chi connectivity index (χ1n) is 26.3. The van der Waals surface area contributed by atoms with Gasteiger partial charge in [0.05, 0.1) is 39.6 Å². The second-order valence-corrected chi connectivity index (χ2v) is 20.2. The number of aliphatic hydroxyl groups is 21. The molecule has 0 aromatic heterocycles. The molecule has 474 valence electrons. The van der Waals surface area contributed by atoms with Crippen LogP contribution in [0.1, 0.15) is 16.7 Å². The molecule has 30 atom stereocenters. The Morgan fingerprint density at radius 1 is 0.274 bits per heavy atom. The van der Waals surface area contributed by atoms with E-state index in [0.717, 1.165) is 0 Å². The van der Waals surface area contributed by atoms with Crippen molar-refractivity contribution in [1.29, 1.82) is 0 Å². The third-order valence-corrected chi connectivity index (χ3v) is 14.5. The lowest BCUT2D eigenvalue weighted by Crippen LogP contribution is -2.64. The number of benzene rings is 1. The number of aliphatic hydroxyl groups excluding tert-OH is 21. The number of ether oxygens (including phenoxy) is 12. The van der Waals surface area contributed by atoms with Crippen LogP contribution in [0.2, 0.25) is 0 Å². The molecule has 0 saturated carbocycles. The normalized spacial score (nSPS) is 44.4. The molecule has 0 unspecified atom stereocenters. The smallest absolute Gasteiger partial charge is 0.187 e. The van der Waals surface area contributed by atoms with Crippen molar-refractivity contribution in [1.82, 2.24) is 0 Å². The molecule has 1 aromatic rings. The molecular weight excluding hydrogens is 1140 g/mol. The lowest BCUT2D eigenvalue weighted by Gasteiger charge is -2.45. The van der Waals surface area contributed by atoms with Gasteiger partial charge in [-0.1, -0.05) is 35.5 Å². The van der Waals surface area contributed by atoms with E-state index in [1.807, 2.05) is 0 Å². The lowest BCUT2D eigenvalue weighted by atomic mass is 9.97. The highest BCUT2D eigenvalue weighted by Gasteiger charge is 2.54. The molecule has 0 amide bonds. The summed E-state index contributed by atoms with van der Waals surface area (Å²) in [5.41, 5.74) is 0.663. The van der Waals surface area contributed by atoms with Gasteiger partial charge < -0.3 is 164 Å². The Balaban J connectivity index is 1.02. The van der Waals surface area contributed by atoms with Crippen molar-refractivity contribution in [3.63, 3.8) is 0 Å². The molecule has 33 heteroatoms. The molecule has 84 heavy (non-hydrogen) atoms. The molecule has 33 nitrogen and oxygen atoms in total. The van der Waals surface area contributed by atoms with Crippen LogP contribution in [0.25, 0.3) is 0 Å². The minimum absolute atomic E-state index is 0.221. The first-order chi connectivity index (χ1) is 40.1. The number of hydrogen-bond donors (Lipinski definition) is 21. The summed E-state index contributed by atoms with van der Waals surface area (Å²) in [5.74, 6) is 16.5. The Kier molecular flexibility index (Phi) is 25.3. The summed E-state index contributed by atoms with van der Waals surface area (Å²) >= 11 is 0. The van der Waals surface area contributed by atoms with E-state index in [2.05, 4.69) is 35.5 Å². The zero-order chi connectivity index (χ0) is 61.3. The highest BCUT2D eigenvalue weighted by Crippen LogP contribution is 2.33. The van der Waals surface area contributed by atoms with Crippen molar-refractivity contribution in [2.45, 2.75) is 184 Å². The molecule has 6 aliphatic heterocycles. The van der Waals surface area contributed by atoms with Gasteiger partial charge in [-0.05, 0) is 18.2 Å². The summed E-state index contributed by atoms with van der Waals surface area (Å²) in [6, 6.07) is 4.43. The maximum atomic E-state index is 11.0. The van der Waals surface area contributed by atoms with Gasteiger partial charge >= 0.3 is 0 Å². The van der Waals surface area contributed by atoms with Crippen molar-refractivity contribution < 1.29 is 164 Å². The van der Waals surface area contributed by atoms with Gasteiger partial charge in [-0.2, -0.15) is 0 Å². The zero-order valence-corrected chi connectivity index (χ0v) is 44.2. The molecule has 6 heterocycles. The SMILES string of the molecule is OC[C@H]1O[C@@H](O[C@H]2[C@H](O)[C@@H](O)[C@H](OCC#Cc3cc(C#CCO[C@@H]4O[C@H](CO)[C@@H](O[C@@H]5O[C@H](CO)[C@H](O)[C@H](O)[C@H]5O)[C@H](O)[C@H]4O)cc(C#CCO[C@@H]4O[C@H](CO)[C@@H](O[C@@H]5O[C@H](CO)[C@H](O)[C@H](O)[C@H]5O)[C@H](O)[C@H]4O)c3)O[C@@H]2CO)[C@H](O)[C@@H](O)[C@H]1O. The molecular formula is C51H72O33. The van der Waals surface area contributed by atoms with Crippen molar-refractivity contribution >= 4 is 0 Å². The van der Waals surface area contributed by atoms with Crippen LogP contribution in [-0.2, 0) is 56.8 Å². The van der Waals surface area contributed by atoms with E-state index in [9.17, 15) is 107 Å². The maximum absolute atomic E-state index is 11.0. The molecule has 21 N–H and O–H groups in total. The van der Waals surface area contributed by atoms with E-state index in [4.69, 9.17) is 56.8 Å². The van der Waals surface area contributed by atoms with E-state index in [1.165, 1.54) is 18.2 Å². The summed E-state index contributed by atoms with van der Waals surface area (Å²) < 4.78 is 66.3. The van der Waals surface area contributed by atoms with Crippen LogP contribution in [0.15, 0.2) is 18.2 Å². The molecule has 7 rings (SSSR count). The molecule has 0 aliphatic carbocycles. The lowest BCUT2D eigenvalue weighted by molar-refractivity contribution is -0.358. The average molecular weight is 1210 g/mol. The first kappa shape index (κ1) is 68.1. The predicted octanol–water partition coefficient (Wildman–Crippen LogP) is -13.3. The van der Waals surface area contributed by atoms with E-state index in [1.54, 1.807) is 0 Å². The predicted molar refractivity (Wildman–Crippen MR) is 264 cm³/mol. The Bertz CT molecular complexity index is 2130. The minimum Gasteiger partial charge on any atom is -0.394 e. The third kappa shape index (κ3) is 15.7. The highest BCUT2D eigenvalue weighted by atomic mass is 16.8. The van der Waals surface area contributed by atoms with Crippen LogP contribution in [0.5, 0.6) is 0 Å². The Labute approximate surface area is 477 Å². The molecule has 0 spiro atoms. The van der Waals surface area contributed by atoms with Gasteiger partial charge in [-0.3, -0.25) is 0 Å². The van der Waals surface area contributed by atoms with Crippen molar-refractivity contribution in [2.75, 3.05) is 59.5 Å². The topological polar surface area (TPSA) is 536 Å². The maximum Gasteiger partial charge on any atom is 0.187 e. The summed E-state index contributed by atoms with van der Waals surface area (Å²) in [4.78, 5) is 0. The van der Waals surface area contributed by atoms with Gasteiger partial charge in [0.15, 0.2) is 37.7 Å². The molecule has 0 bridgehead atoms. The molecule has 6 aliphatic rings. The number of rotatable bonds is 18. The van der Waals surface area contributed by atoms with Crippen LogP contribution in [0, 0.1) is 35.5 Å². The van der Waals surface area contributed by atoms with Crippen LogP contribution in [-0.4, -0.2) is 351 Å². The van der Waals surface area contributed by atoms with Gasteiger partial charge in [0, 0.05) is 16.7 Å². The molecule has 1 aromatic carbocycles. The van der Waals surface area contributed by atoms with E-state index >= 15 is 0 Å². The second kappa shape index (κ2) is 31.2. The average Bonchev–Trinajstić information content (AvgIpc) is 3.52. The molecule has 0 radical (unpaired) electrons. The monoisotopic (exact) mass is 1210 g/mol. The largest absolute Gasteiger partial charge is 0.394 e. The molecule has 6 fully saturated rings. The van der Waals surface area contributed by atoms with Gasteiger partial charge in [-0.25, -0.2) is 0 Å². The van der Waals surface area contributed by atoms with Gasteiger partial charge in [-0.15, -0.1) is 0 Å². The Morgan fingerprint density at radius 2 is 0.488 bits per heavy atom. The van der Waals surface area contributed by atoms with Gasteiger partial charge in [0.2, 0.25) is 0 Å². The summed E-state index contributed by atoms with van der Waals surface area (Å²) in [5, 5.41) is 217. The fourth-order valence-corrected chi connectivity index (χ4v) is 9.71. The summed E-state index contributed by atoms with van der Waals surface area (Å²) in [6.45, 7) is -6.37. The van der Waals surface area contributed by atoms with Gasteiger partial charge in [0.25, 0.3) is 0 Å². The summed E-state index contributed by atoms with van der Waals surface area (Å²) in [7, 11) is 0. The first-order valence-corrected chi connectivity index (χ1v) is 26.3. The van der Waals surface area contributed by atoms with Crippen molar-refractivity contribution in [2.24, 2.45) is 0 Å². The van der Waals surface area contributed by atoms with E-state index < -0.39 is 244 Å². The van der Waals surface area contributed by atoms with Crippen LogP contribution in [0.4, 0.5) is 0 Å². The van der Waals surface area contributed by atoms with Gasteiger partial charge in [0.1, 0.15) is 166 Å². The van der Waals surface area contributed by atoms with Crippen molar-refractivity contribution in [3.8, 4) is 35.5 Å². The fraction of sp³-hybridized carbons (Fsp3) is 0.765. The summed E-state index contributed by atoms with van der Waals surface area (Å²) in [6.07, 6.45) is -51.1. The Morgan fingerprint density at radius 3 is 0.714 bits per heavy atom. The Hall–Kier alpha value is -3.42. The number of hydrogen-bond acceptors (Lipinski definition) is 33. The van der Waals surface area contributed by atoms with Crippen LogP contribution in [0.3, 0.4) is 0 Å². The van der Waals surface area contributed by atoms with E-state index in [-0.39, 0.29) is 16.7 Å². The minimum atomic E-state index is -1.89. The van der Waals surface area contributed by atoms with Crippen LogP contribution >= 0.6 is 0 Å². The second-order valence-electron chi connectivity index (χ2n) is 20.2. The third-order valence-electron chi connectivity index (χ3n) is 14.5. The highest BCUT2D eigenvalue weighted by molar-refractivity contribution is 5.51.